The van der Waals surface area contributed by atoms with E-state index in [1.165, 1.54) is 5.56 Å². The molecule has 0 aliphatic carbocycles. The maximum Gasteiger partial charge on any atom is 0.261 e. The molecule has 6 heteroatoms. The molecule has 2 aromatic rings. The monoisotopic (exact) mass is 516 g/mol. The van der Waals surface area contributed by atoms with Crippen LogP contribution >= 0.6 is 15.9 Å². The number of halogens is 1. The first-order chi connectivity index (χ1) is 15.7. The zero-order valence-corrected chi connectivity index (χ0v) is 22.0. The Kier molecular flexibility index (Phi) is 10.9. The lowest BCUT2D eigenvalue weighted by atomic mass is 10.0. The lowest BCUT2D eigenvalue weighted by Crippen LogP contribution is -2.51. The summed E-state index contributed by atoms with van der Waals surface area (Å²) >= 11 is 3.55. The number of hydrogen-bond acceptors (Lipinski definition) is 3. The number of nitrogens with zero attached hydrogens (tertiary/aromatic N) is 1. The Morgan fingerprint density at radius 1 is 1.06 bits per heavy atom. The van der Waals surface area contributed by atoms with E-state index in [-0.39, 0.29) is 18.4 Å². The lowest BCUT2D eigenvalue weighted by molar-refractivity contribution is -0.142. The molecule has 1 atom stereocenters. The molecule has 180 valence electrons. The average Bonchev–Trinajstić information content (AvgIpc) is 2.79. The second-order valence-electron chi connectivity index (χ2n) is 9.02. The molecule has 1 N–H and O–H groups in total. The van der Waals surface area contributed by atoms with Gasteiger partial charge in [-0.25, -0.2) is 0 Å². The van der Waals surface area contributed by atoms with Crippen LogP contribution in [0.4, 0.5) is 0 Å². The minimum Gasteiger partial charge on any atom is -0.483 e. The molecule has 0 aliphatic rings. The Balaban J connectivity index is 2.14. The number of amides is 2. The highest BCUT2D eigenvalue weighted by molar-refractivity contribution is 9.10. The van der Waals surface area contributed by atoms with Crippen molar-refractivity contribution in [3.63, 3.8) is 0 Å². The van der Waals surface area contributed by atoms with Crippen molar-refractivity contribution in [1.82, 2.24) is 10.2 Å². The van der Waals surface area contributed by atoms with Gasteiger partial charge in [-0.05, 0) is 63.9 Å². The maximum absolute atomic E-state index is 13.3. The van der Waals surface area contributed by atoms with Crippen LogP contribution in [0.15, 0.2) is 53.0 Å². The molecule has 0 fully saturated rings. The SMILES string of the molecule is CC[C@@H](C(=O)NCC(C)C)N(CCc1ccccc1)C(=O)COc1ccc(C(C)C)cc1Br. The second kappa shape index (κ2) is 13.4. The molecular weight excluding hydrogens is 480 g/mol. The Labute approximate surface area is 207 Å². The van der Waals surface area contributed by atoms with Crippen molar-refractivity contribution in [2.75, 3.05) is 19.7 Å². The Morgan fingerprint density at radius 2 is 1.76 bits per heavy atom. The first kappa shape index (κ1) is 26.9. The van der Waals surface area contributed by atoms with Crippen molar-refractivity contribution in [3.05, 3.63) is 64.1 Å². The molecule has 0 heterocycles. The zero-order valence-electron chi connectivity index (χ0n) is 20.4. The summed E-state index contributed by atoms with van der Waals surface area (Å²) < 4.78 is 6.69. The van der Waals surface area contributed by atoms with Crippen LogP contribution in [0.25, 0.3) is 0 Å². The number of nitrogens with one attached hydrogen (secondary N) is 1. The van der Waals surface area contributed by atoms with Crippen LogP contribution < -0.4 is 10.1 Å². The van der Waals surface area contributed by atoms with E-state index in [9.17, 15) is 9.59 Å². The molecule has 5 nitrogen and oxygen atoms in total. The first-order valence-corrected chi connectivity index (χ1v) is 12.6. The minimum atomic E-state index is -0.532. The van der Waals surface area contributed by atoms with Crippen LogP contribution in [0.3, 0.4) is 0 Å². The largest absolute Gasteiger partial charge is 0.483 e. The molecule has 0 aliphatic heterocycles. The molecular formula is C27H37BrN2O3. The zero-order chi connectivity index (χ0) is 24.4. The Hall–Kier alpha value is -2.34. The predicted octanol–water partition coefficient (Wildman–Crippen LogP) is 5.57. The van der Waals surface area contributed by atoms with Gasteiger partial charge in [0, 0.05) is 13.1 Å². The Morgan fingerprint density at radius 3 is 2.33 bits per heavy atom. The van der Waals surface area contributed by atoms with E-state index >= 15 is 0 Å². The molecule has 0 spiro atoms. The highest BCUT2D eigenvalue weighted by atomic mass is 79.9. The summed E-state index contributed by atoms with van der Waals surface area (Å²) in [7, 11) is 0. The smallest absolute Gasteiger partial charge is 0.261 e. The molecule has 0 saturated carbocycles. The van der Waals surface area contributed by atoms with Crippen molar-refractivity contribution in [3.8, 4) is 5.75 Å². The van der Waals surface area contributed by atoms with Crippen LogP contribution in [0, 0.1) is 5.92 Å². The fourth-order valence-electron chi connectivity index (χ4n) is 3.53. The van der Waals surface area contributed by atoms with E-state index in [1.807, 2.05) is 55.5 Å². The predicted molar refractivity (Wildman–Crippen MR) is 138 cm³/mol. The van der Waals surface area contributed by atoms with E-state index in [2.05, 4.69) is 48.9 Å². The van der Waals surface area contributed by atoms with Crippen LogP contribution in [0.2, 0.25) is 0 Å². The van der Waals surface area contributed by atoms with Gasteiger partial charge in [0.25, 0.3) is 5.91 Å². The number of ether oxygens (including phenoxy) is 1. The third-order valence-electron chi connectivity index (χ3n) is 5.53. The molecule has 2 amide bonds. The minimum absolute atomic E-state index is 0.116. The summed E-state index contributed by atoms with van der Waals surface area (Å²) in [5.74, 6) is 1.05. The normalized spacial score (nSPS) is 12.0. The first-order valence-electron chi connectivity index (χ1n) is 11.8. The van der Waals surface area contributed by atoms with E-state index in [1.54, 1.807) is 4.90 Å². The highest BCUT2D eigenvalue weighted by Gasteiger charge is 2.28. The highest BCUT2D eigenvalue weighted by Crippen LogP contribution is 2.29. The third-order valence-corrected chi connectivity index (χ3v) is 6.15. The van der Waals surface area contributed by atoms with Crippen molar-refractivity contribution in [2.45, 2.75) is 59.4 Å². The second-order valence-corrected chi connectivity index (χ2v) is 9.87. The van der Waals surface area contributed by atoms with E-state index < -0.39 is 6.04 Å². The third kappa shape index (κ3) is 8.50. The summed E-state index contributed by atoms with van der Waals surface area (Å²) in [6.45, 7) is 11.2. The summed E-state index contributed by atoms with van der Waals surface area (Å²) in [5.41, 5.74) is 2.32. The topological polar surface area (TPSA) is 58.6 Å². The van der Waals surface area contributed by atoms with Gasteiger partial charge >= 0.3 is 0 Å². The Bertz CT molecular complexity index is 899. The quantitative estimate of drug-likeness (QED) is 0.400. The maximum atomic E-state index is 13.3. The summed E-state index contributed by atoms with van der Waals surface area (Å²) in [4.78, 5) is 27.9. The molecule has 33 heavy (non-hydrogen) atoms. The fourth-order valence-corrected chi connectivity index (χ4v) is 4.05. The van der Waals surface area contributed by atoms with Gasteiger partial charge in [-0.3, -0.25) is 9.59 Å². The van der Waals surface area contributed by atoms with Crippen LogP contribution in [0.5, 0.6) is 5.75 Å². The number of carbonyl (C=O) groups is 2. The van der Waals surface area contributed by atoms with E-state index in [0.717, 1.165) is 10.0 Å². The van der Waals surface area contributed by atoms with Crippen LogP contribution in [0.1, 0.15) is 58.1 Å². The number of carbonyl (C=O) groups excluding carboxylic acids is 2. The number of hydrogen-bond donors (Lipinski definition) is 1. The average molecular weight is 518 g/mol. The van der Waals surface area contributed by atoms with Gasteiger partial charge in [-0.1, -0.05) is 71.0 Å². The van der Waals surface area contributed by atoms with Gasteiger partial charge < -0.3 is 15.0 Å². The number of benzene rings is 2. The van der Waals surface area contributed by atoms with Gasteiger partial charge in [0.05, 0.1) is 4.47 Å². The lowest BCUT2D eigenvalue weighted by Gasteiger charge is -2.31. The molecule has 2 aromatic carbocycles. The molecule has 0 saturated heterocycles. The molecule has 2 rings (SSSR count). The number of rotatable bonds is 12. The van der Waals surface area contributed by atoms with Crippen molar-refractivity contribution >= 4 is 27.7 Å². The van der Waals surface area contributed by atoms with Crippen molar-refractivity contribution in [2.24, 2.45) is 5.92 Å². The molecule has 0 radical (unpaired) electrons. The molecule has 0 bridgehead atoms. The summed E-state index contributed by atoms with van der Waals surface area (Å²) in [6.07, 6.45) is 1.21. The van der Waals surface area contributed by atoms with Gasteiger partial charge in [0.2, 0.25) is 5.91 Å². The van der Waals surface area contributed by atoms with Gasteiger partial charge in [0.1, 0.15) is 11.8 Å². The van der Waals surface area contributed by atoms with E-state index in [4.69, 9.17) is 4.74 Å². The van der Waals surface area contributed by atoms with Crippen LogP contribution in [-0.4, -0.2) is 42.5 Å². The van der Waals surface area contributed by atoms with Crippen molar-refractivity contribution < 1.29 is 14.3 Å². The van der Waals surface area contributed by atoms with Gasteiger partial charge in [-0.15, -0.1) is 0 Å². The van der Waals surface area contributed by atoms with Crippen molar-refractivity contribution in [1.29, 1.82) is 0 Å². The summed E-state index contributed by atoms with van der Waals surface area (Å²) in [5, 5.41) is 2.99. The van der Waals surface area contributed by atoms with Gasteiger partial charge in [0.15, 0.2) is 6.61 Å². The molecule has 0 aromatic heterocycles. The van der Waals surface area contributed by atoms with E-state index in [0.29, 0.717) is 43.5 Å². The summed E-state index contributed by atoms with van der Waals surface area (Å²) in [6, 6.07) is 15.4. The fraction of sp³-hybridized carbons (Fsp3) is 0.481. The van der Waals surface area contributed by atoms with Gasteiger partial charge in [-0.2, -0.15) is 0 Å². The standard InChI is InChI=1S/C27H37BrN2O3/c1-6-24(27(32)29-17-19(2)3)30(15-14-21-10-8-7-9-11-21)26(31)18-33-25-13-12-22(20(4)5)16-23(25)28/h7-13,16,19-20,24H,6,14-15,17-18H2,1-5H3,(H,29,32)/t24-/m0/s1. The molecule has 0 unspecified atom stereocenters. The van der Waals surface area contributed by atoms with Crippen LogP contribution in [-0.2, 0) is 16.0 Å².